The zero-order valence-electron chi connectivity index (χ0n) is 18.5. The minimum atomic E-state index is -0.437. The first kappa shape index (κ1) is 25.6. The first-order chi connectivity index (χ1) is 13.8. The van der Waals surface area contributed by atoms with Gasteiger partial charge in [0.2, 0.25) is 0 Å². The van der Waals surface area contributed by atoms with E-state index in [4.69, 9.17) is 0 Å². The van der Waals surface area contributed by atoms with E-state index < -0.39 is 6.10 Å². The lowest BCUT2D eigenvalue weighted by Gasteiger charge is -2.08. The summed E-state index contributed by atoms with van der Waals surface area (Å²) in [4.78, 5) is 0. The van der Waals surface area contributed by atoms with Crippen molar-refractivity contribution in [2.75, 3.05) is 5.75 Å². The second kappa shape index (κ2) is 18.6. The Balaban J connectivity index is 1.83. The number of unbranched alkanes of at least 4 members (excludes halogenated alkanes) is 15. The third-order valence-electron chi connectivity index (χ3n) is 5.86. The van der Waals surface area contributed by atoms with E-state index in [0.29, 0.717) is 5.75 Å². The molecule has 0 spiro atoms. The minimum absolute atomic E-state index is 0.437. The van der Waals surface area contributed by atoms with Gasteiger partial charge >= 0.3 is 0 Å². The van der Waals surface area contributed by atoms with Crippen LogP contribution in [0.2, 0.25) is 0 Å². The zero-order chi connectivity index (χ0) is 20.3. The van der Waals surface area contributed by atoms with Crippen LogP contribution in [-0.4, -0.2) is 10.9 Å². The van der Waals surface area contributed by atoms with E-state index in [-0.39, 0.29) is 0 Å². The number of aliphatic hydroxyl groups excluding tert-OH is 1. The Labute approximate surface area is 181 Å². The van der Waals surface area contributed by atoms with E-state index in [2.05, 4.69) is 31.7 Å². The number of hydrogen-bond acceptors (Lipinski definition) is 2. The molecule has 0 aromatic heterocycles. The molecule has 2 heteroatoms. The van der Waals surface area contributed by atoms with Crippen LogP contribution in [0.15, 0.2) is 24.3 Å². The molecule has 1 atom stereocenters. The van der Waals surface area contributed by atoms with Crippen molar-refractivity contribution in [2.45, 2.75) is 122 Å². The van der Waals surface area contributed by atoms with E-state index >= 15 is 0 Å². The average molecular weight is 407 g/mol. The summed E-state index contributed by atoms with van der Waals surface area (Å²) in [7, 11) is 0. The van der Waals surface area contributed by atoms with Crippen LogP contribution in [0.1, 0.15) is 127 Å². The van der Waals surface area contributed by atoms with Crippen LogP contribution in [-0.2, 0) is 6.42 Å². The second-order valence-corrected chi connectivity index (χ2v) is 8.86. The standard InChI is InChI=1S/C26H46OS/c1-2-3-4-5-6-7-8-9-10-11-12-13-14-15-16-17-18-24-19-21-25(22-20-24)26(27)23-28/h19-22,26-28H,2-18,23H2,1H3. The summed E-state index contributed by atoms with van der Waals surface area (Å²) in [6, 6.07) is 8.41. The maximum absolute atomic E-state index is 9.77. The van der Waals surface area contributed by atoms with E-state index in [1.807, 2.05) is 12.1 Å². The first-order valence-electron chi connectivity index (χ1n) is 12.2. The topological polar surface area (TPSA) is 20.2 Å². The number of hydrogen-bond donors (Lipinski definition) is 2. The molecule has 1 aromatic carbocycles. The summed E-state index contributed by atoms with van der Waals surface area (Å²) in [6.45, 7) is 2.29. The number of rotatable bonds is 19. The summed E-state index contributed by atoms with van der Waals surface area (Å²) < 4.78 is 0. The molecule has 0 amide bonds. The Hall–Kier alpha value is -0.470. The van der Waals surface area contributed by atoms with Gasteiger partial charge in [0, 0.05) is 5.75 Å². The Bertz CT molecular complexity index is 442. The van der Waals surface area contributed by atoms with Crippen LogP contribution < -0.4 is 0 Å². The molecule has 1 aromatic rings. The molecule has 0 heterocycles. The summed E-state index contributed by atoms with van der Waals surface area (Å²) >= 11 is 4.14. The highest BCUT2D eigenvalue weighted by Gasteiger charge is 2.04. The van der Waals surface area contributed by atoms with Crippen LogP contribution in [0.5, 0.6) is 0 Å². The van der Waals surface area contributed by atoms with Gasteiger partial charge in [-0.2, -0.15) is 12.6 Å². The monoisotopic (exact) mass is 406 g/mol. The molecule has 0 saturated carbocycles. The molecule has 1 nitrogen and oxygen atoms in total. The van der Waals surface area contributed by atoms with Crippen LogP contribution >= 0.6 is 12.6 Å². The largest absolute Gasteiger partial charge is 0.388 e. The van der Waals surface area contributed by atoms with Gasteiger partial charge in [-0.3, -0.25) is 0 Å². The Morgan fingerprint density at radius 1 is 0.643 bits per heavy atom. The molecule has 0 radical (unpaired) electrons. The van der Waals surface area contributed by atoms with Gasteiger partial charge in [0.1, 0.15) is 0 Å². The molecular weight excluding hydrogens is 360 g/mol. The highest BCUT2D eigenvalue weighted by atomic mass is 32.1. The lowest BCUT2D eigenvalue weighted by molar-refractivity contribution is 0.204. The van der Waals surface area contributed by atoms with Gasteiger partial charge in [-0.1, -0.05) is 128 Å². The number of aliphatic hydroxyl groups is 1. The molecule has 28 heavy (non-hydrogen) atoms. The van der Waals surface area contributed by atoms with Gasteiger partial charge in [0.25, 0.3) is 0 Å². The predicted octanol–water partition coefficient (Wildman–Crippen LogP) is 8.45. The highest BCUT2D eigenvalue weighted by molar-refractivity contribution is 7.80. The normalized spacial score (nSPS) is 12.4. The molecule has 1 rings (SSSR count). The molecule has 0 aliphatic carbocycles. The highest BCUT2D eigenvalue weighted by Crippen LogP contribution is 2.17. The van der Waals surface area contributed by atoms with Crippen molar-refractivity contribution in [1.29, 1.82) is 0 Å². The fraction of sp³-hybridized carbons (Fsp3) is 0.769. The van der Waals surface area contributed by atoms with Crippen molar-refractivity contribution in [1.82, 2.24) is 0 Å². The lowest BCUT2D eigenvalue weighted by Crippen LogP contribution is -1.98. The van der Waals surface area contributed by atoms with Gasteiger partial charge in [-0.25, -0.2) is 0 Å². The number of benzene rings is 1. The van der Waals surface area contributed by atoms with Crippen molar-refractivity contribution < 1.29 is 5.11 Å². The smallest absolute Gasteiger partial charge is 0.0877 e. The van der Waals surface area contributed by atoms with Crippen LogP contribution in [0.3, 0.4) is 0 Å². The molecule has 1 unspecified atom stereocenters. The molecule has 0 fully saturated rings. The fourth-order valence-corrected chi connectivity index (χ4v) is 4.10. The number of thiol groups is 1. The van der Waals surface area contributed by atoms with Crippen LogP contribution in [0.25, 0.3) is 0 Å². The van der Waals surface area contributed by atoms with Crippen molar-refractivity contribution in [3.05, 3.63) is 35.4 Å². The molecule has 0 bridgehead atoms. The maximum atomic E-state index is 9.77. The van der Waals surface area contributed by atoms with Gasteiger partial charge in [-0.15, -0.1) is 0 Å². The third kappa shape index (κ3) is 13.7. The van der Waals surface area contributed by atoms with Crippen molar-refractivity contribution in [3.63, 3.8) is 0 Å². The summed E-state index contributed by atoms with van der Waals surface area (Å²) in [5.41, 5.74) is 2.37. The van der Waals surface area contributed by atoms with Crippen LogP contribution in [0.4, 0.5) is 0 Å². The van der Waals surface area contributed by atoms with E-state index in [1.54, 1.807) is 0 Å². The van der Waals surface area contributed by atoms with E-state index in [9.17, 15) is 5.11 Å². The number of aryl methyl sites for hydroxylation is 1. The lowest BCUT2D eigenvalue weighted by atomic mass is 10.0. The zero-order valence-corrected chi connectivity index (χ0v) is 19.4. The Kier molecular flexibility index (Phi) is 16.9. The second-order valence-electron chi connectivity index (χ2n) is 8.49. The molecule has 0 saturated heterocycles. The summed E-state index contributed by atoms with van der Waals surface area (Å²) in [5.74, 6) is 0.485. The van der Waals surface area contributed by atoms with Crippen molar-refractivity contribution >= 4 is 12.6 Å². The van der Waals surface area contributed by atoms with Gasteiger partial charge in [0.05, 0.1) is 6.10 Å². The Morgan fingerprint density at radius 2 is 1.04 bits per heavy atom. The van der Waals surface area contributed by atoms with Crippen molar-refractivity contribution in [2.24, 2.45) is 0 Å². The van der Waals surface area contributed by atoms with Gasteiger partial charge < -0.3 is 5.11 Å². The van der Waals surface area contributed by atoms with Gasteiger partial charge in [0.15, 0.2) is 0 Å². The Morgan fingerprint density at radius 3 is 1.43 bits per heavy atom. The molecular formula is C26H46OS. The molecule has 0 aliphatic heterocycles. The molecule has 1 N–H and O–H groups in total. The van der Waals surface area contributed by atoms with Crippen molar-refractivity contribution in [3.8, 4) is 0 Å². The quantitative estimate of drug-likeness (QED) is 0.174. The summed E-state index contributed by atoms with van der Waals surface area (Å²) in [5, 5.41) is 9.77. The predicted molar refractivity (Wildman–Crippen MR) is 129 cm³/mol. The molecule has 0 aliphatic rings. The minimum Gasteiger partial charge on any atom is -0.388 e. The fourth-order valence-electron chi connectivity index (χ4n) is 3.89. The van der Waals surface area contributed by atoms with Crippen LogP contribution in [0, 0.1) is 0 Å². The first-order valence-corrected chi connectivity index (χ1v) is 12.8. The van der Waals surface area contributed by atoms with E-state index in [0.717, 1.165) is 12.0 Å². The average Bonchev–Trinajstić information content (AvgIpc) is 2.73. The van der Waals surface area contributed by atoms with E-state index in [1.165, 1.54) is 108 Å². The maximum Gasteiger partial charge on any atom is 0.0877 e. The van der Waals surface area contributed by atoms with Gasteiger partial charge in [-0.05, 0) is 24.0 Å². The molecule has 162 valence electrons. The summed E-state index contributed by atoms with van der Waals surface area (Å²) in [6.07, 6.45) is 23.4. The third-order valence-corrected chi connectivity index (χ3v) is 6.20. The SMILES string of the molecule is CCCCCCCCCCCCCCCCCCc1ccc(C(O)CS)cc1.